The fourth-order valence-corrected chi connectivity index (χ4v) is 4.84. The fraction of sp³-hybridized carbons (Fsp3) is 0.250. The minimum Gasteiger partial charge on any atom is -0.457 e. The third kappa shape index (κ3) is 4.85. The Labute approximate surface area is 185 Å². The van der Waals surface area contributed by atoms with Gasteiger partial charge < -0.3 is 15.6 Å². The standard InChI is InChI=1S/C24H25N3O3S/c1-2-20(28)27-14-6-7-17(15-27)24-26-21(22(31-24)23(25)29)16-10-12-19(13-11-16)30-18-8-4-3-5-9-18/h2-5,8-13,17,20,28H,1,6-7,14-15H2,(H2,25,29)/t17-,20?/m1/s1. The lowest BCUT2D eigenvalue weighted by molar-refractivity contribution is 0.0222. The lowest BCUT2D eigenvalue weighted by Crippen LogP contribution is -2.40. The summed E-state index contributed by atoms with van der Waals surface area (Å²) in [7, 11) is 0. The predicted molar refractivity (Wildman–Crippen MR) is 122 cm³/mol. The number of primary amides is 1. The van der Waals surface area contributed by atoms with Gasteiger partial charge in [0, 0.05) is 24.6 Å². The van der Waals surface area contributed by atoms with Crippen LogP contribution in [0.3, 0.4) is 0 Å². The number of nitrogens with two attached hydrogens (primary N) is 1. The van der Waals surface area contributed by atoms with Gasteiger partial charge in [0.1, 0.15) is 22.6 Å². The second kappa shape index (κ2) is 9.43. The lowest BCUT2D eigenvalue weighted by Gasteiger charge is -2.33. The minimum absolute atomic E-state index is 0.140. The van der Waals surface area contributed by atoms with E-state index >= 15 is 0 Å². The van der Waals surface area contributed by atoms with Crippen LogP contribution in [-0.4, -0.2) is 40.2 Å². The summed E-state index contributed by atoms with van der Waals surface area (Å²) in [6.45, 7) is 5.15. The summed E-state index contributed by atoms with van der Waals surface area (Å²) in [6, 6.07) is 17.0. The van der Waals surface area contributed by atoms with Crippen LogP contribution < -0.4 is 10.5 Å². The van der Waals surface area contributed by atoms with Crippen molar-refractivity contribution < 1.29 is 14.6 Å². The van der Waals surface area contributed by atoms with Crippen molar-refractivity contribution in [3.8, 4) is 22.8 Å². The molecule has 0 aliphatic carbocycles. The number of piperidine rings is 1. The molecule has 160 valence electrons. The van der Waals surface area contributed by atoms with Crippen LogP contribution in [0.1, 0.15) is 33.4 Å². The van der Waals surface area contributed by atoms with Gasteiger partial charge in [-0.05, 0) is 55.3 Å². The molecule has 0 bridgehead atoms. The van der Waals surface area contributed by atoms with Crippen molar-refractivity contribution in [2.24, 2.45) is 5.73 Å². The van der Waals surface area contributed by atoms with Crippen molar-refractivity contribution in [3.05, 3.63) is 77.1 Å². The maximum atomic E-state index is 12.1. The Morgan fingerprint density at radius 1 is 1.23 bits per heavy atom. The summed E-state index contributed by atoms with van der Waals surface area (Å²) in [5.74, 6) is 1.11. The molecule has 7 heteroatoms. The van der Waals surface area contributed by atoms with Crippen molar-refractivity contribution in [2.75, 3.05) is 13.1 Å². The topological polar surface area (TPSA) is 88.7 Å². The Bertz CT molecular complexity index is 1050. The summed E-state index contributed by atoms with van der Waals surface area (Å²) < 4.78 is 5.85. The first kappa shape index (κ1) is 21.2. The average Bonchev–Trinajstić information content (AvgIpc) is 3.26. The minimum atomic E-state index is -0.671. The maximum absolute atomic E-state index is 12.1. The van der Waals surface area contributed by atoms with Gasteiger partial charge >= 0.3 is 0 Å². The second-order valence-electron chi connectivity index (χ2n) is 7.52. The number of rotatable bonds is 7. The highest BCUT2D eigenvalue weighted by Crippen LogP contribution is 2.36. The molecule has 3 aromatic rings. The summed E-state index contributed by atoms with van der Waals surface area (Å²) >= 11 is 1.35. The molecule has 1 amide bonds. The number of amides is 1. The second-order valence-corrected chi connectivity index (χ2v) is 8.55. The van der Waals surface area contributed by atoms with Crippen LogP contribution in [0, 0.1) is 0 Å². The van der Waals surface area contributed by atoms with E-state index in [1.165, 1.54) is 17.4 Å². The van der Waals surface area contributed by atoms with Gasteiger partial charge in [0.15, 0.2) is 0 Å². The number of carbonyl (C=O) groups is 1. The number of likely N-dealkylation sites (tertiary alicyclic amines) is 1. The molecule has 0 radical (unpaired) electrons. The molecule has 0 saturated carbocycles. The Morgan fingerprint density at radius 2 is 1.94 bits per heavy atom. The van der Waals surface area contributed by atoms with Crippen LogP contribution in [0.15, 0.2) is 67.3 Å². The number of nitrogens with zero attached hydrogens (tertiary/aromatic N) is 2. The Kier molecular flexibility index (Phi) is 6.46. The third-order valence-electron chi connectivity index (χ3n) is 5.36. The smallest absolute Gasteiger partial charge is 0.261 e. The SMILES string of the molecule is C=CC(O)N1CCC[C@@H](c2nc(-c3ccc(Oc4ccccc4)cc3)c(C(N)=O)s2)C1. The van der Waals surface area contributed by atoms with Crippen molar-refractivity contribution in [3.63, 3.8) is 0 Å². The largest absolute Gasteiger partial charge is 0.457 e. The monoisotopic (exact) mass is 435 g/mol. The van der Waals surface area contributed by atoms with Crippen molar-refractivity contribution >= 4 is 17.2 Å². The van der Waals surface area contributed by atoms with E-state index < -0.39 is 12.1 Å². The molecule has 6 nitrogen and oxygen atoms in total. The first-order chi connectivity index (χ1) is 15.0. The molecule has 1 aliphatic heterocycles. The molecular formula is C24H25N3O3S. The number of carbonyl (C=O) groups excluding carboxylic acids is 1. The molecule has 31 heavy (non-hydrogen) atoms. The number of para-hydroxylation sites is 1. The van der Waals surface area contributed by atoms with E-state index in [0.29, 0.717) is 22.9 Å². The van der Waals surface area contributed by atoms with Crippen LogP contribution in [0.2, 0.25) is 0 Å². The van der Waals surface area contributed by atoms with Crippen LogP contribution in [0.25, 0.3) is 11.3 Å². The third-order valence-corrected chi connectivity index (χ3v) is 6.59. The van der Waals surface area contributed by atoms with E-state index in [-0.39, 0.29) is 5.92 Å². The highest BCUT2D eigenvalue weighted by atomic mass is 32.1. The van der Waals surface area contributed by atoms with Crippen molar-refractivity contribution in [2.45, 2.75) is 25.0 Å². The average molecular weight is 436 g/mol. The zero-order valence-electron chi connectivity index (χ0n) is 17.1. The highest BCUT2D eigenvalue weighted by Gasteiger charge is 2.28. The van der Waals surface area contributed by atoms with Crippen molar-refractivity contribution in [1.82, 2.24) is 9.88 Å². The van der Waals surface area contributed by atoms with Gasteiger partial charge in [-0.3, -0.25) is 9.69 Å². The number of aromatic nitrogens is 1. The molecule has 1 saturated heterocycles. The lowest BCUT2D eigenvalue weighted by atomic mass is 9.98. The van der Waals surface area contributed by atoms with E-state index in [4.69, 9.17) is 15.5 Å². The van der Waals surface area contributed by atoms with E-state index in [0.717, 1.165) is 35.7 Å². The number of ether oxygens (including phenoxy) is 1. The molecule has 1 aromatic heterocycles. The fourth-order valence-electron chi connectivity index (χ4n) is 3.78. The maximum Gasteiger partial charge on any atom is 0.261 e. The first-order valence-corrected chi connectivity index (χ1v) is 11.1. The predicted octanol–water partition coefficient (Wildman–Crippen LogP) is 4.39. The van der Waals surface area contributed by atoms with Crippen LogP contribution >= 0.6 is 11.3 Å². The molecule has 2 atom stereocenters. The van der Waals surface area contributed by atoms with E-state index in [1.54, 1.807) is 0 Å². The Balaban J connectivity index is 1.57. The summed E-state index contributed by atoms with van der Waals surface area (Å²) in [6.07, 6.45) is 2.76. The molecule has 2 heterocycles. The van der Waals surface area contributed by atoms with Gasteiger partial charge in [-0.15, -0.1) is 11.3 Å². The summed E-state index contributed by atoms with van der Waals surface area (Å²) in [5, 5.41) is 11.0. The van der Waals surface area contributed by atoms with Gasteiger partial charge in [-0.25, -0.2) is 4.98 Å². The Hall–Kier alpha value is -3.00. The van der Waals surface area contributed by atoms with Gasteiger partial charge in [0.2, 0.25) is 0 Å². The number of hydrogen-bond acceptors (Lipinski definition) is 6. The molecule has 4 rings (SSSR count). The molecule has 1 fully saturated rings. The molecule has 1 aliphatic rings. The normalized spacial score (nSPS) is 17.8. The number of thiazole rings is 1. The van der Waals surface area contributed by atoms with Crippen LogP contribution in [0.5, 0.6) is 11.5 Å². The molecular weight excluding hydrogens is 410 g/mol. The molecule has 2 aromatic carbocycles. The highest BCUT2D eigenvalue weighted by molar-refractivity contribution is 7.14. The van der Waals surface area contributed by atoms with Crippen molar-refractivity contribution in [1.29, 1.82) is 0 Å². The Morgan fingerprint density at radius 3 is 2.61 bits per heavy atom. The van der Waals surface area contributed by atoms with Gasteiger partial charge in [-0.2, -0.15) is 0 Å². The zero-order chi connectivity index (χ0) is 21.8. The number of benzene rings is 2. The van der Waals surface area contributed by atoms with E-state index in [1.807, 2.05) is 59.5 Å². The molecule has 0 spiro atoms. The number of aliphatic hydroxyl groups excluding tert-OH is 1. The summed E-state index contributed by atoms with van der Waals surface area (Å²) in [5.41, 5.74) is 7.08. The number of hydrogen-bond donors (Lipinski definition) is 2. The van der Waals surface area contributed by atoms with E-state index in [9.17, 15) is 9.90 Å². The van der Waals surface area contributed by atoms with Gasteiger partial charge in [0.25, 0.3) is 5.91 Å². The van der Waals surface area contributed by atoms with E-state index in [2.05, 4.69) is 6.58 Å². The van der Waals surface area contributed by atoms with Gasteiger partial charge in [0.05, 0.1) is 10.7 Å². The van der Waals surface area contributed by atoms with Crippen LogP contribution in [0.4, 0.5) is 0 Å². The van der Waals surface area contributed by atoms with Crippen LogP contribution in [-0.2, 0) is 0 Å². The molecule has 3 N–H and O–H groups in total. The quantitative estimate of drug-likeness (QED) is 0.538. The van der Waals surface area contributed by atoms with Gasteiger partial charge in [-0.1, -0.05) is 24.8 Å². The first-order valence-electron chi connectivity index (χ1n) is 10.2. The molecule has 1 unspecified atom stereocenters. The summed E-state index contributed by atoms with van der Waals surface area (Å²) in [4.78, 5) is 19.3. The number of aliphatic hydroxyl groups is 1. The zero-order valence-corrected chi connectivity index (χ0v) is 17.9.